The van der Waals surface area contributed by atoms with Gasteiger partial charge in [0, 0.05) is 17.6 Å². The van der Waals surface area contributed by atoms with Gasteiger partial charge in [0.05, 0.1) is 23.3 Å². The summed E-state index contributed by atoms with van der Waals surface area (Å²) in [6, 6.07) is 3.26. The van der Waals surface area contributed by atoms with Crippen LogP contribution >= 0.6 is 11.3 Å². The number of pyridine rings is 1. The minimum atomic E-state index is -0.928. The average Bonchev–Trinajstić information content (AvgIpc) is 2.83. The monoisotopic (exact) mass is 305 g/mol. The molecule has 0 saturated heterocycles. The van der Waals surface area contributed by atoms with Crippen molar-refractivity contribution in [3.05, 3.63) is 39.5 Å². The fourth-order valence-electron chi connectivity index (χ4n) is 1.93. The first-order chi connectivity index (χ1) is 9.88. The third-order valence-electron chi connectivity index (χ3n) is 3.29. The maximum absolute atomic E-state index is 11.3. The zero-order valence-corrected chi connectivity index (χ0v) is 13.4. The molecule has 6 heteroatoms. The first-order valence-electron chi connectivity index (χ1n) is 6.74. The lowest BCUT2D eigenvalue weighted by molar-refractivity contribution is 0.0696. The molecule has 112 valence electrons. The average molecular weight is 305 g/mol. The summed E-state index contributed by atoms with van der Waals surface area (Å²) in [5, 5.41) is 9.24. The molecule has 0 aliphatic rings. The highest BCUT2D eigenvalue weighted by molar-refractivity contribution is 7.09. The van der Waals surface area contributed by atoms with Crippen molar-refractivity contribution in [2.75, 3.05) is 11.9 Å². The van der Waals surface area contributed by atoms with Crippen LogP contribution in [0.15, 0.2) is 17.6 Å². The molecule has 0 fully saturated rings. The van der Waals surface area contributed by atoms with Gasteiger partial charge in [0.2, 0.25) is 0 Å². The van der Waals surface area contributed by atoms with Gasteiger partial charge >= 0.3 is 5.97 Å². The molecule has 0 unspecified atom stereocenters. The number of thiazole rings is 1. The van der Waals surface area contributed by atoms with Gasteiger partial charge in [-0.05, 0) is 25.0 Å². The van der Waals surface area contributed by atoms with E-state index in [1.165, 1.54) is 0 Å². The molecule has 1 N–H and O–H groups in total. The van der Waals surface area contributed by atoms with Crippen molar-refractivity contribution in [3.63, 3.8) is 0 Å². The molecule has 2 aromatic heterocycles. The van der Waals surface area contributed by atoms with Gasteiger partial charge in [-0.3, -0.25) is 0 Å². The van der Waals surface area contributed by atoms with Crippen LogP contribution in [-0.2, 0) is 6.54 Å². The second-order valence-electron chi connectivity index (χ2n) is 5.32. The van der Waals surface area contributed by atoms with E-state index < -0.39 is 5.97 Å². The highest BCUT2D eigenvalue weighted by Gasteiger charge is 2.14. The largest absolute Gasteiger partial charge is 0.478 e. The number of hydrogen-bond donors (Lipinski definition) is 1. The van der Waals surface area contributed by atoms with E-state index in [4.69, 9.17) is 0 Å². The van der Waals surface area contributed by atoms with Gasteiger partial charge < -0.3 is 10.0 Å². The first kappa shape index (κ1) is 15.4. The Balaban J connectivity index is 2.33. The highest BCUT2D eigenvalue weighted by atomic mass is 32.1. The molecule has 0 radical (unpaired) electrons. The quantitative estimate of drug-likeness (QED) is 0.918. The number of carboxylic acids is 1. The molecule has 0 bridgehead atoms. The van der Waals surface area contributed by atoms with Gasteiger partial charge in [-0.1, -0.05) is 13.8 Å². The SMILES string of the molecule is Cc1ncsc1CN(C)c1cc(C(=O)O)cc(C(C)C)n1. The van der Waals surface area contributed by atoms with E-state index >= 15 is 0 Å². The molecule has 0 amide bonds. The van der Waals surface area contributed by atoms with Crippen LogP contribution in [0, 0.1) is 6.92 Å². The molecule has 2 aromatic rings. The van der Waals surface area contributed by atoms with Gasteiger partial charge in [-0.2, -0.15) is 0 Å². The summed E-state index contributed by atoms with van der Waals surface area (Å²) in [5.74, 6) is -0.0732. The van der Waals surface area contributed by atoms with Crippen LogP contribution in [0.4, 0.5) is 5.82 Å². The van der Waals surface area contributed by atoms with Crippen LogP contribution in [0.5, 0.6) is 0 Å². The van der Waals surface area contributed by atoms with Crippen LogP contribution in [-0.4, -0.2) is 28.1 Å². The van der Waals surface area contributed by atoms with Crippen molar-refractivity contribution in [1.29, 1.82) is 0 Å². The molecule has 0 spiro atoms. The summed E-state index contributed by atoms with van der Waals surface area (Å²) in [6.45, 7) is 6.65. The molecule has 0 aliphatic carbocycles. The van der Waals surface area contributed by atoms with Crippen molar-refractivity contribution in [1.82, 2.24) is 9.97 Å². The highest BCUT2D eigenvalue weighted by Crippen LogP contribution is 2.22. The van der Waals surface area contributed by atoms with E-state index in [0.717, 1.165) is 16.3 Å². The maximum Gasteiger partial charge on any atom is 0.335 e. The summed E-state index contributed by atoms with van der Waals surface area (Å²) >= 11 is 1.60. The standard InChI is InChI=1S/C15H19N3O2S/c1-9(2)12-5-11(15(19)20)6-14(17-12)18(4)7-13-10(3)16-8-21-13/h5-6,8-9H,7H2,1-4H3,(H,19,20). The zero-order valence-electron chi connectivity index (χ0n) is 12.6. The van der Waals surface area contributed by atoms with Crippen LogP contribution in [0.3, 0.4) is 0 Å². The van der Waals surface area contributed by atoms with E-state index in [-0.39, 0.29) is 11.5 Å². The number of nitrogens with zero attached hydrogens (tertiary/aromatic N) is 3. The van der Waals surface area contributed by atoms with Crippen molar-refractivity contribution >= 4 is 23.1 Å². The zero-order chi connectivity index (χ0) is 15.6. The molecular formula is C15H19N3O2S. The molecular weight excluding hydrogens is 286 g/mol. The lowest BCUT2D eigenvalue weighted by Crippen LogP contribution is -2.19. The van der Waals surface area contributed by atoms with Gasteiger partial charge in [-0.25, -0.2) is 14.8 Å². The van der Waals surface area contributed by atoms with Crippen molar-refractivity contribution in [3.8, 4) is 0 Å². The normalized spacial score (nSPS) is 10.9. The number of anilines is 1. The number of aromatic nitrogens is 2. The van der Waals surface area contributed by atoms with E-state index in [9.17, 15) is 9.90 Å². The first-order valence-corrected chi connectivity index (χ1v) is 7.61. The van der Waals surface area contributed by atoms with E-state index in [1.807, 2.05) is 38.2 Å². The molecule has 0 aromatic carbocycles. The fourth-order valence-corrected chi connectivity index (χ4v) is 2.76. The molecule has 0 atom stereocenters. The summed E-state index contributed by atoms with van der Waals surface area (Å²) in [7, 11) is 1.91. The molecule has 2 heterocycles. The molecule has 2 rings (SSSR count). The second kappa shape index (κ2) is 6.22. The Hall–Kier alpha value is -1.95. The van der Waals surface area contributed by atoms with Crippen molar-refractivity contribution in [2.24, 2.45) is 0 Å². The minimum absolute atomic E-state index is 0.182. The fraction of sp³-hybridized carbons (Fsp3) is 0.400. The number of rotatable bonds is 5. The Morgan fingerprint density at radius 3 is 2.67 bits per heavy atom. The van der Waals surface area contributed by atoms with Crippen LogP contribution < -0.4 is 4.90 Å². The third-order valence-corrected chi connectivity index (χ3v) is 4.21. The van der Waals surface area contributed by atoms with Crippen LogP contribution in [0.1, 0.15) is 46.4 Å². The molecule has 0 aliphatic heterocycles. The summed E-state index contributed by atoms with van der Waals surface area (Å²) in [6.07, 6.45) is 0. The predicted molar refractivity (Wildman–Crippen MR) is 84.2 cm³/mol. The van der Waals surface area contributed by atoms with Gasteiger partial charge in [0.1, 0.15) is 5.82 Å². The van der Waals surface area contributed by atoms with E-state index in [1.54, 1.807) is 23.5 Å². The van der Waals surface area contributed by atoms with Gasteiger partial charge in [0.25, 0.3) is 0 Å². The van der Waals surface area contributed by atoms with Crippen LogP contribution in [0.25, 0.3) is 0 Å². The number of aromatic carboxylic acids is 1. The van der Waals surface area contributed by atoms with E-state index in [2.05, 4.69) is 9.97 Å². The number of carbonyl (C=O) groups is 1. The summed E-state index contributed by atoms with van der Waals surface area (Å²) < 4.78 is 0. The number of aryl methyl sites for hydroxylation is 1. The lowest BCUT2D eigenvalue weighted by Gasteiger charge is -2.20. The Bertz CT molecular complexity index is 652. The van der Waals surface area contributed by atoms with Crippen molar-refractivity contribution in [2.45, 2.75) is 33.2 Å². The van der Waals surface area contributed by atoms with Gasteiger partial charge in [0.15, 0.2) is 0 Å². The van der Waals surface area contributed by atoms with Crippen molar-refractivity contribution < 1.29 is 9.90 Å². The third kappa shape index (κ3) is 3.58. The Morgan fingerprint density at radius 1 is 1.43 bits per heavy atom. The minimum Gasteiger partial charge on any atom is -0.478 e. The second-order valence-corrected chi connectivity index (χ2v) is 6.26. The lowest BCUT2D eigenvalue weighted by atomic mass is 10.1. The molecule has 0 saturated carbocycles. The molecule has 21 heavy (non-hydrogen) atoms. The summed E-state index contributed by atoms with van der Waals surface area (Å²) in [5.41, 5.74) is 3.89. The molecule has 5 nitrogen and oxygen atoms in total. The van der Waals surface area contributed by atoms with Crippen LogP contribution in [0.2, 0.25) is 0 Å². The number of hydrogen-bond acceptors (Lipinski definition) is 5. The number of carboxylic acid groups (broad SMARTS) is 1. The summed E-state index contributed by atoms with van der Waals surface area (Å²) in [4.78, 5) is 23.2. The Labute approximate surface area is 128 Å². The topological polar surface area (TPSA) is 66.3 Å². The maximum atomic E-state index is 11.3. The Morgan fingerprint density at radius 2 is 2.14 bits per heavy atom. The predicted octanol–water partition coefficient (Wildman–Crippen LogP) is 3.30. The Kier molecular flexibility index (Phi) is 4.57. The van der Waals surface area contributed by atoms with Gasteiger partial charge in [-0.15, -0.1) is 11.3 Å². The smallest absolute Gasteiger partial charge is 0.335 e. The van der Waals surface area contributed by atoms with E-state index in [0.29, 0.717) is 12.4 Å².